The number of nitrogens with zero attached hydrogens (tertiary/aromatic N) is 1. The van der Waals surface area contributed by atoms with Crippen molar-refractivity contribution in [3.63, 3.8) is 0 Å². The van der Waals surface area contributed by atoms with Crippen molar-refractivity contribution in [1.82, 2.24) is 10.2 Å². The Morgan fingerprint density at radius 3 is 2.96 bits per heavy atom. The van der Waals surface area contributed by atoms with Gasteiger partial charge in [0.2, 0.25) is 0 Å². The molecule has 5 nitrogen and oxygen atoms in total. The number of nitrogens with one attached hydrogen (secondary N) is 1. The molecule has 2 saturated heterocycles. The zero-order chi connectivity index (χ0) is 16.1. The fraction of sp³-hybridized carbons (Fsp3) is 0.588. The maximum absolute atomic E-state index is 13.2. The minimum atomic E-state index is -0.330. The fourth-order valence-corrected chi connectivity index (χ4v) is 3.14. The third kappa shape index (κ3) is 4.34. The maximum atomic E-state index is 13.2. The molecule has 2 aliphatic heterocycles. The highest BCUT2D eigenvalue weighted by molar-refractivity contribution is 5.70. The molecule has 126 valence electrons. The lowest BCUT2D eigenvalue weighted by molar-refractivity contribution is 0.151. The number of ether oxygens (including phenoxy) is 2. The quantitative estimate of drug-likeness (QED) is 0.874. The largest absolute Gasteiger partial charge is 0.491 e. The lowest BCUT2D eigenvalue weighted by Gasteiger charge is -2.26. The first-order valence-corrected chi connectivity index (χ1v) is 8.25. The monoisotopic (exact) mass is 322 g/mol. The third-order valence-electron chi connectivity index (χ3n) is 4.55. The molecule has 1 N–H and O–H groups in total. The first-order chi connectivity index (χ1) is 11.2. The van der Waals surface area contributed by atoms with Gasteiger partial charge in [0.15, 0.2) is 0 Å². The number of piperidine rings is 1. The topological polar surface area (TPSA) is 50.8 Å². The molecular formula is C17H23FN2O3. The van der Waals surface area contributed by atoms with Crippen molar-refractivity contribution < 1.29 is 18.7 Å². The highest BCUT2D eigenvalue weighted by atomic mass is 19.1. The molecular weight excluding hydrogens is 299 g/mol. The Labute approximate surface area is 135 Å². The first kappa shape index (κ1) is 16.1. The summed E-state index contributed by atoms with van der Waals surface area (Å²) < 4.78 is 23.9. The number of halogens is 1. The molecule has 2 fully saturated rings. The second-order valence-electron chi connectivity index (χ2n) is 6.17. The molecule has 2 aliphatic rings. The minimum absolute atomic E-state index is 0.104. The van der Waals surface area contributed by atoms with E-state index in [0.29, 0.717) is 31.4 Å². The van der Waals surface area contributed by atoms with Crippen LogP contribution in [0.1, 0.15) is 19.3 Å². The van der Waals surface area contributed by atoms with Crippen molar-refractivity contribution in [3.05, 3.63) is 30.1 Å². The molecule has 1 atom stereocenters. The Morgan fingerprint density at radius 2 is 2.17 bits per heavy atom. The number of cyclic esters (lactones) is 1. The van der Waals surface area contributed by atoms with Gasteiger partial charge in [0.05, 0.1) is 0 Å². The normalized spacial score (nSPS) is 22.2. The molecule has 6 heteroatoms. The van der Waals surface area contributed by atoms with Crippen LogP contribution >= 0.6 is 0 Å². The number of carbonyl (C=O) groups excluding carboxylic acids is 1. The number of benzene rings is 1. The Kier molecular flexibility index (Phi) is 5.33. The lowest BCUT2D eigenvalue weighted by atomic mass is 9.94. The molecule has 23 heavy (non-hydrogen) atoms. The van der Waals surface area contributed by atoms with Gasteiger partial charge in [0.25, 0.3) is 0 Å². The summed E-state index contributed by atoms with van der Waals surface area (Å²) >= 11 is 0. The molecule has 1 aromatic carbocycles. The summed E-state index contributed by atoms with van der Waals surface area (Å²) in [5.41, 5.74) is 0. The molecule has 0 aromatic heterocycles. The minimum Gasteiger partial charge on any atom is -0.491 e. The van der Waals surface area contributed by atoms with Gasteiger partial charge in [-0.05, 0) is 50.4 Å². The summed E-state index contributed by atoms with van der Waals surface area (Å²) in [6, 6.07) is 5.93. The van der Waals surface area contributed by atoms with Gasteiger partial charge in [-0.1, -0.05) is 6.07 Å². The zero-order valence-corrected chi connectivity index (χ0v) is 13.2. The molecule has 1 aromatic rings. The van der Waals surface area contributed by atoms with Gasteiger partial charge in [-0.3, -0.25) is 4.90 Å². The van der Waals surface area contributed by atoms with Crippen LogP contribution < -0.4 is 10.1 Å². The molecule has 2 heterocycles. The van der Waals surface area contributed by atoms with Crippen molar-refractivity contribution in [3.8, 4) is 5.75 Å². The molecule has 0 saturated carbocycles. The maximum Gasteiger partial charge on any atom is 0.410 e. The predicted molar refractivity (Wildman–Crippen MR) is 83.9 cm³/mol. The Bertz CT molecular complexity index is 534. The first-order valence-electron chi connectivity index (χ1n) is 8.25. The van der Waals surface area contributed by atoms with Gasteiger partial charge >= 0.3 is 6.09 Å². The number of carbonyl (C=O) groups is 1. The van der Waals surface area contributed by atoms with Crippen LogP contribution in [0.4, 0.5) is 9.18 Å². The van der Waals surface area contributed by atoms with Gasteiger partial charge in [-0.15, -0.1) is 0 Å². The third-order valence-corrected chi connectivity index (χ3v) is 4.55. The average molecular weight is 322 g/mol. The van der Waals surface area contributed by atoms with E-state index in [1.165, 1.54) is 12.1 Å². The standard InChI is InChI=1S/C17H23FN2O3/c18-14-2-1-3-16(10-14)22-11-15-12-23-17(21)20(15)9-6-13-4-7-19-8-5-13/h1-3,10,13,15,19H,4-9,11-12H2/t15-/m1/s1. The number of amides is 1. The van der Waals surface area contributed by atoms with Crippen molar-refractivity contribution in [2.45, 2.75) is 25.3 Å². The summed E-state index contributed by atoms with van der Waals surface area (Å²) in [6.45, 7) is 3.46. The number of hydrogen-bond acceptors (Lipinski definition) is 4. The van der Waals surface area contributed by atoms with E-state index in [1.54, 1.807) is 17.0 Å². The second kappa shape index (κ2) is 7.64. The van der Waals surface area contributed by atoms with Crippen LogP contribution in [0.25, 0.3) is 0 Å². The summed E-state index contributed by atoms with van der Waals surface area (Å²) in [4.78, 5) is 13.6. The van der Waals surface area contributed by atoms with Crippen LogP contribution in [0.3, 0.4) is 0 Å². The van der Waals surface area contributed by atoms with E-state index in [-0.39, 0.29) is 18.0 Å². The van der Waals surface area contributed by atoms with E-state index in [0.717, 1.165) is 32.4 Å². The van der Waals surface area contributed by atoms with Crippen molar-refractivity contribution in [1.29, 1.82) is 0 Å². The van der Waals surface area contributed by atoms with Gasteiger partial charge in [-0.25, -0.2) is 9.18 Å². The van der Waals surface area contributed by atoms with E-state index in [2.05, 4.69) is 5.32 Å². The van der Waals surface area contributed by atoms with Crippen molar-refractivity contribution >= 4 is 6.09 Å². The van der Waals surface area contributed by atoms with E-state index in [1.807, 2.05) is 0 Å². The molecule has 0 aliphatic carbocycles. The summed E-state index contributed by atoms with van der Waals surface area (Å²) in [6.07, 6.45) is 3.04. The highest BCUT2D eigenvalue weighted by Crippen LogP contribution is 2.21. The summed E-state index contributed by atoms with van der Waals surface area (Å²) in [5, 5.41) is 3.35. The number of hydrogen-bond donors (Lipinski definition) is 1. The predicted octanol–water partition coefficient (Wildman–Crippen LogP) is 2.42. The molecule has 3 rings (SSSR count). The zero-order valence-electron chi connectivity index (χ0n) is 13.2. The van der Waals surface area contributed by atoms with Gasteiger partial charge in [-0.2, -0.15) is 0 Å². The van der Waals surface area contributed by atoms with E-state index in [4.69, 9.17) is 9.47 Å². The van der Waals surface area contributed by atoms with Crippen LogP contribution in [0.5, 0.6) is 5.75 Å². The molecule has 0 spiro atoms. The summed E-state index contributed by atoms with van der Waals surface area (Å²) in [7, 11) is 0. The van der Waals surface area contributed by atoms with Crippen molar-refractivity contribution in [2.24, 2.45) is 5.92 Å². The molecule has 0 radical (unpaired) electrons. The van der Waals surface area contributed by atoms with Crippen LogP contribution in [0.2, 0.25) is 0 Å². The van der Waals surface area contributed by atoms with Crippen LogP contribution in [0.15, 0.2) is 24.3 Å². The van der Waals surface area contributed by atoms with Crippen LogP contribution in [-0.4, -0.2) is 49.9 Å². The van der Waals surface area contributed by atoms with Gasteiger partial charge < -0.3 is 14.8 Å². The molecule has 0 bridgehead atoms. The summed E-state index contributed by atoms with van der Waals surface area (Å²) in [5.74, 6) is 0.807. The Morgan fingerprint density at radius 1 is 1.35 bits per heavy atom. The van der Waals surface area contributed by atoms with Crippen LogP contribution in [-0.2, 0) is 4.74 Å². The lowest BCUT2D eigenvalue weighted by Crippen LogP contribution is -2.39. The smallest absolute Gasteiger partial charge is 0.410 e. The molecule has 1 amide bonds. The number of rotatable bonds is 6. The van der Waals surface area contributed by atoms with Crippen LogP contribution in [0, 0.1) is 11.7 Å². The van der Waals surface area contributed by atoms with Gasteiger partial charge in [0.1, 0.15) is 30.8 Å². The second-order valence-corrected chi connectivity index (χ2v) is 6.17. The Hall–Kier alpha value is -1.82. The average Bonchev–Trinajstić information content (AvgIpc) is 2.92. The highest BCUT2D eigenvalue weighted by Gasteiger charge is 2.33. The van der Waals surface area contributed by atoms with Gasteiger partial charge in [0, 0.05) is 12.6 Å². The Balaban J connectivity index is 1.50. The van der Waals surface area contributed by atoms with E-state index in [9.17, 15) is 9.18 Å². The fourth-order valence-electron chi connectivity index (χ4n) is 3.14. The van der Waals surface area contributed by atoms with E-state index < -0.39 is 0 Å². The molecule has 0 unspecified atom stereocenters. The van der Waals surface area contributed by atoms with E-state index >= 15 is 0 Å². The van der Waals surface area contributed by atoms with Crippen molar-refractivity contribution in [2.75, 3.05) is 32.8 Å². The SMILES string of the molecule is O=C1OC[C@@H](COc2cccc(F)c2)N1CCC1CCNCC1.